The van der Waals surface area contributed by atoms with Crippen molar-refractivity contribution >= 4 is 6.09 Å². The molecular formula is C14H28N2O3. The first kappa shape index (κ1) is 16.2. The maximum atomic E-state index is 12.1. The molecule has 1 saturated heterocycles. The summed E-state index contributed by atoms with van der Waals surface area (Å²) in [6.07, 6.45) is 1.02. The van der Waals surface area contributed by atoms with Gasteiger partial charge < -0.3 is 20.1 Å². The van der Waals surface area contributed by atoms with E-state index in [1.165, 1.54) is 0 Å². The summed E-state index contributed by atoms with van der Waals surface area (Å²) in [7, 11) is 0. The summed E-state index contributed by atoms with van der Waals surface area (Å²) in [5, 5.41) is 13.4. The van der Waals surface area contributed by atoms with Crippen molar-refractivity contribution in [2.75, 3.05) is 19.6 Å². The monoisotopic (exact) mass is 272 g/mol. The van der Waals surface area contributed by atoms with Gasteiger partial charge in [0, 0.05) is 19.1 Å². The van der Waals surface area contributed by atoms with Gasteiger partial charge in [-0.15, -0.1) is 0 Å². The standard InChI is InChI=1S/C14H28N2O3/c1-11(2)16(12(17)19-13(3,4)5)9-7-14(18)6-8-15-10-14/h11,15,18H,6-10H2,1-5H3. The fourth-order valence-electron chi connectivity index (χ4n) is 2.15. The number of carbonyl (C=O) groups excluding carboxylic acids is 1. The molecule has 19 heavy (non-hydrogen) atoms. The lowest BCUT2D eigenvalue weighted by Crippen LogP contribution is -2.44. The molecule has 1 rings (SSSR count). The minimum absolute atomic E-state index is 0.0628. The first-order valence-electron chi connectivity index (χ1n) is 7.06. The molecule has 0 aliphatic carbocycles. The van der Waals surface area contributed by atoms with Crippen molar-refractivity contribution in [1.82, 2.24) is 10.2 Å². The summed E-state index contributed by atoms with van der Waals surface area (Å²) in [6.45, 7) is 11.5. The van der Waals surface area contributed by atoms with E-state index in [1.54, 1.807) is 4.90 Å². The Morgan fingerprint density at radius 1 is 1.47 bits per heavy atom. The van der Waals surface area contributed by atoms with Gasteiger partial charge in [-0.2, -0.15) is 0 Å². The molecule has 1 heterocycles. The summed E-state index contributed by atoms with van der Waals surface area (Å²) < 4.78 is 5.40. The van der Waals surface area contributed by atoms with Gasteiger partial charge in [0.1, 0.15) is 5.60 Å². The summed E-state index contributed by atoms with van der Waals surface area (Å²) in [5.41, 5.74) is -1.18. The quantitative estimate of drug-likeness (QED) is 0.818. The van der Waals surface area contributed by atoms with Crippen LogP contribution in [0.1, 0.15) is 47.5 Å². The van der Waals surface area contributed by atoms with E-state index in [-0.39, 0.29) is 12.1 Å². The molecule has 2 N–H and O–H groups in total. The molecule has 1 fully saturated rings. The number of carbonyl (C=O) groups is 1. The van der Waals surface area contributed by atoms with Gasteiger partial charge in [-0.1, -0.05) is 0 Å². The SMILES string of the molecule is CC(C)N(CCC1(O)CCNC1)C(=O)OC(C)(C)C. The Morgan fingerprint density at radius 3 is 2.53 bits per heavy atom. The van der Waals surface area contributed by atoms with E-state index in [0.717, 1.165) is 13.0 Å². The van der Waals surface area contributed by atoms with Crippen molar-refractivity contribution in [3.8, 4) is 0 Å². The number of ether oxygens (including phenoxy) is 1. The fourth-order valence-corrected chi connectivity index (χ4v) is 2.15. The molecule has 112 valence electrons. The predicted octanol–water partition coefficient (Wildman–Crippen LogP) is 1.75. The van der Waals surface area contributed by atoms with E-state index < -0.39 is 11.2 Å². The van der Waals surface area contributed by atoms with Crippen molar-refractivity contribution in [1.29, 1.82) is 0 Å². The lowest BCUT2D eigenvalue weighted by molar-refractivity contribution is 0.00560. The van der Waals surface area contributed by atoms with E-state index in [2.05, 4.69) is 5.32 Å². The third-order valence-corrected chi connectivity index (χ3v) is 3.29. The lowest BCUT2D eigenvalue weighted by Gasteiger charge is -2.32. The van der Waals surface area contributed by atoms with E-state index in [4.69, 9.17) is 4.74 Å². The van der Waals surface area contributed by atoms with Crippen LogP contribution in [0.3, 0.4) is 0 Å². The first-order chi connectivity index (χ1) is 8.63. The Balaban J connectivity index is 2.55. The number of β-amino-alcohol motifs (C(OH)–C–C–N with tert-alkyl or cyclic N) is 1. The highest BCUT2D eigenvalue weighted by molar-refractivity contribution is 5.68. The molecular weight excluding hydrogens is 244 g/mol. The van der Waals surface area contributed by atoms with Gasteiger partial charge in [0.2, 0.25) is 0 Å². The molecule has 0 radical (unpaired) electrons. The van der Waals surface area contributed by atoms with Crippen LogP contribution in [0.15, 0.2) is 0 Å². The van der Waals surface area contributed by atoms with Crippen molar-refractivity contribution in [2.24, 2.45) is 0 Å². The Bertz CT molecular complexity index is 304. The Morgan fingerprint density at radius 2 is 2.11 bits per heavy atom. The molecule has 1 amide bonds. The summed E-state index contributed by atoms with van der Waals surface area (Å²) >= 11 is 0. The van der Waals surface area contributed by atoms with Gasteiger partial charge in [0.15, 0.2) is 0 Å². The van der Waals surface area contributed by atoms with Crippen molar-refractivity contribution in [2.45, 2.75) is 64.7 Å². The van der Waals surface area contributed by atoms with Crippen LogP contribution in [0.25, 0.3) is 0 Å². The average molecular weight is 272 g/mol. The van der Waals surface area contributed by atoms with E-state index in [1.807, 2.05) is 34.6 Å². The third-order valence-electron chi connectivity index (χ3n) is 3.29. The van der Waals surface area contributed by atoms with E-state index >= 15 is 0 Å². The highest BCUT2D eigenvalue weighted by Crippen LogP contribution is 2.20. The topological polar surface area (TPSA) is 61.8 Å². The summed E-state index contributed by atoms with van der Waals surface area (Å²) in [5.74, 6) is 0. The highest BCUT2D eigenvalue weighted by atomic mass is 16.6. The van der Waals surface area contributed by atoms with Crippen molar-refractivity contribution < 1.29 is 14.6 Å². The molecule has 0 aromatic carbocycles. The zero-order valence-electron chi connectivity index (χ0n) is 12.8. The average Bonchev–Trinajstić information content (AvgIpc) is 2.62. The zero-order chi connectivity index (χ0) is 14.7. The Labute approximate surface area is 116 Å². The normalized spacial score (nSPS) is 23.7. The molecule has 5 heteroatoms. The fraction of sp³-hybridized carbons (Fsp3) is 0.929. The van der Waals surface area contributed by atoms with Crippen LogP contribution in [-0.2, 0) is 4.74 Å². The maximum Gasteiger partial charge on any atom is 0.410 e. The third kappa shape index (κ3) is 5.37. The van der Waals surface area contributed by atoms with Crippen LogP contribution in [0.2, 0.25) is 0 Å². The van der Waals surface area contributed by atoms with Crippen LogP contribution in [0, 0.1) is 0 Å². The summed E-state index contributed by atoms with van der Waals surface area (Å²) in [6, 6.07) is 0.0628. The number of hydrogen-bond donors (Lipinski definition) is 2. The van der Waals surface area contributed by atoms with Gasteiger partial charge in [0.05, 0.1) is 5.60 Å². The summed E-state index contributed by atoms with van der Waals surface area (Å²) in [4.78, 5) is 13.8. The second kappa shape index (κ2) is 6.09. The second-order valence-electron chi connectivity index (χ2n) is 6.67. The van der Waals surface area contributed by atoms with Crippen molar-refractivity contribution in [3.05, 3.63) is 0 Å². The number of aliphatic hydroxyl groups is 1. The minimum Gasteiger partial charge on any atom is -0.444 e. The van der Waals surface area contributed by atoms with Crippen molar-refractivity contribution in [3.63, 3.8) is 0 Å². The van der Waals surface area contributed by atoms with E-state index in [9.17, 15) is 9.90 Å². The molecule has 1 aliphatic rings. The van der Waals surface area contributed by atoms with Gasteiger partial charge in [-0.05, 0) is 54.0 Å². The smallest absolute Gasteiger partial charge is 0.410 e. The Kier molecular flexibility index (Phi) is 5.21. The van der Waals surface area contributed by atoms with Gasteiger partial charge in [-0.25, -0.2) is 4.79 Å². The highest BCUT2D eigenvalue weighted by Gasteiger charge is 2.33. The molecule has 1 atom stereocenters. The lowest BCUT2D eigenvalue weighted by atomic mass is 9.98. The number of nitrogens with zero attached hydrogens (tertiary/aromatic N) is 1. The largest absolute Gasteiger partial charge is 0.444 e. The molecule has 0 aromatic heterocycles. The number of rotatable bonds is 4. The van der Waals surface area contributed by atoms with Gasteiger partial charge >= 0.3 is 6.09 Å². The molecule has 1 aliphatic heterocycles. The maximum absolute atomic E-state index is 12.1. The minimum atomic E-state index is -0.685. The van der Waals surface area contributed by atoms with Gasteiger partial charge in [0.25, 0.3) is 0 Å². The Hall–Kier alpha value is -0.810. The molecule has 0 bridgehead atoms. The molecule has 0 spiro atoms. The van der Waals surface area contributed by atoms with Gasteiger partial charge in [-0.3, -0.25) is 0 Å². The first-order valence-corrected chi connectivity index (χ1v) is 7.06. The molecule has 1 unspecified atom stereocenters. The van der Waals surface area contributed by atoms with Crippen LogP contribution >= 0.6 is 0 Å². The predicted molar refractivity (Wildman–Crippen MR) is 75.1 cm³/mol. The molecule has 5 nitrogen and oxygen atoms in total. The zero-order valence-corrected chi connectivity index (χ0v) is 12.8. The van der Waals surface area contributed by atoms with Crippen LogP contribution in [-0.4, -0.2) is 53.0 Å². The second-order valence-corrected chi connectivity index (χ2v) is 6.67. The molecule has 0 saturated carbocycles. The van der Waals surface area contributed by atoms with Crippen LogP contribution < -0.4 is 5.32 Å². The van der Waals surface area contributed by atoms with E-state index in [0.29, 0.717) is 19.5 Å². The molecule has 0 aromatic rings. The van der Waals surface area contributed by atoms with Crippen LogP contribution in [0.4, 0.5) is 4.79 Å². The number of amides is 1. The van der Waals surface area contributed by atoms with Crippen LogP contribution in [0.5, 0.6) is 0 Å². The number of hydrogen-bond acceptors (Lipinski definition) is 4. The number of nitrogens with one attached hydrogen (secondary N) is 1.